The third kappa shape index (κ3) is 2.99. The number of sulfonamides is 1. The fourth-order valence-electron chi connectivity index (χ4n) is 0.821. The van der Waals surface area contributed by atoms with E-state index in [0.717, 1.165) is 17.4 Å². The second-order valence-electron chi connectivity index (χ2n) is 2.58. The number of carboxylic acid groups (broad SMARTS) is 1. The minimum Gasteiger partial charge on any atom is -0.478 e. The summed E-state index contributed by atoms with van der Waals surface area (Å²) in [5, 5.41) is 18.3. The third-order valence-electron chi connectivity index (χ3n) is 1.49. The van der Waals surface area contributed by atoms with E-state index in [4.69, 9.17) is 10.2 Å². The molecule has 0 unspecified atom stereocenters. The Labute approximate surface area is 90.2 Å². The number of carboxylic acids is 1. The minimum absolute atomic E-state index is 0.0654. The van der Waals surface area contributed by atoms with E-state index in [1.807, 2.05) is 0 Å². The van der Waals surface area contributed by atoms with Gasteiger partial charge in [-0.15, -0.1) is 11.3 Å². The number of aliphatic hydroxyl groups is 1. The number of nitrogens with one attached hydrogen (secondary N) is 1. The van der Waals surface area contributed by atoms with Crippen molar-refractivity contribution in [1.82, 2.24) is 4.72 Å². The van der Waals surface area contributed by atoms with Crippen molar-refractivity contribution in [3.05, 3.63) is 17.0 Å². The second-order valence-corrected chi connectivity index (χ2v) is 5.49. The molecule has 0 spiro atoms. The number of hydrogen-bond donors (Lipinski definition) is 3. The van der Waals surface area contributed by atoms with Gasteiger partial charge >= 0.3 is 5.97 Å². The maximum atomic E-state index is 11.4. The molecule has 0 aliphatic carbocycles. The molecule has 8 heteroatoms. The van der Waals surface area contributed by atoms with Crippen molar-refractivity contribution in [1.29, 1.82) is 0 Å². The summed E-state index contributed by atoms with van der Waals surface area (Å²) in [5.74, 6) is -1.17. The lowest BCUT2D eigenvalue weighted by molar-refractivity contribution is 0.0697. The van der Waals surface area contributed by atoms with Crippen molar-refractivity contribution in [3.8, 4) is 0 Å². The molecule has 0 bridgehead atoms. The Bertz CT molecular complexity index is 450. The first-order valence-corrected chi connectivity index (χ1v) is 6.26. The fraction of sp³-hybridized carbons (Fsp3) is 0.286. The van der Waals surface area contributed by atoms with Crippen molar-refractivity contribution in [2.24, 2.45) is 0 Å². The van der Waals surface area contributed by atoms with E-state index in [1.54, 1.807) is 0 Å². The fourth-order valence-corrected chi connectivity index (χ4v) is 3.04. The van der Waals surface area contributed by atoms with Gasteiger partial charge < -0.3 is 10.2 Å². The first-order chi connectivity index (χ1) is 6.97. The maximum absolute atomic E-state index is 11.4. The van der Waals surface area contributed by atoms with Crippen LogP contribution < -0.4 is 4.72 Å². The molecule has 6 nitrogen and oxygen atoms in total. The van der Waals surface area contributed by atoms with Gasteiger partial charge in [0, 0.05) is 11.9 Å². The largest absolute Gasteiger partial charge is 0.478 e. The lowest BCUT2D eigenvalue weighted by Gasteiger charge is -2.00. The summed E-state index contributed by atoms with van der Waals surface area (Å²) in [6, 6.07) is 1.08. The van der Waals surface area contributed by atoms with E-state index in [9.17, 15) is 13.2 Å². The maximum Gasteiger partial charge on any atom is 0.336 e. The Hall–Kier alpha value is -0.960. The van der Waals surface area contributed by atoms with Gasteiger partial charge in [-0.2, -0.15) is 0 Å². The molecule has 1 rings (SSSR count). The Kier molecular flexibility index (Phi) is 3.80. The Morgan fingerprint density at radius 3 is 2.67 bits per heavy atom. The molecule has 0 fully saturated rings. The summed E-state index contributed by atoms with van der Waals surface area (Å²) in [4.78, 5) is 10.5. The average molecular weight is 251 g/mol. The molecule has 1 heterocycles. The number of aromatic carboxylic acids is 1. The molecule has 0 saturated heterocycles. The predicted molar refractivity (Wildman–Crippen MR) is 53.6 cm³/mol. The number of carbonyl (C=O) groups is 1. The molecule has 0 aromatic carbocycles. The highest BCUT2D eigenvalue weighted by molar-refractivity contribution is 7.91. The van der Waals surface area contributed by atoms with Gasteiger partial charge in [-0.25, -0.2) is 17.9 Å². The standard InChI is InChI=1S/C7H9NO5S2/c9-2-1-8-15(12,13)6-3-5(4-14-6)7(10)11/h3-4,8-9H,1-2H2,(H,10,11). The minimum atomic E-state index is -3.69. The van der Waals surface area contributed by atoms with Crippen LogP contribution in [0.2, 0.25) is 0 Å². The molecular weight excluding hydrogens is 242 g/mol. The quantitative estimate of drug-likeness (QED) is 0.667. The summed E-state index contributed by atoms with van der Waals surface area (Å²) in [7, 11) is -3.69. The summed E-state index contributed by atoms with van der Waals surface area (Å²) in [6.45, 7) is -0.404. The second kappa shape index (κ2) is 4.71. The molecule has 84 valence electrons. The van der Waals surface area contributed by atoms with E-state index in [2.05, 4.69) is 4.72 Å². The number of thiophene rings is 1. The van der Waals surface area contributed by atoms with Crippen LogP contribution in [0, 0.1) is 0 Å². The summed E-state index contributed by atoms with van der Waals surface area (Å²) in [6.07, 6.45) is 0. The van der Waals surface area contributed by atoms with Crippen molar-refractivity contribution >= 4 is 27.3 Å². The van der Waals surface area contributed by atoms with Crippen LogP contribution in [0.25, 0.3) is 0 Å². The van der Waals surface area contributed by atoms with Crippen LogP contribution in [0.1, 0.15) is 10.4 Å². The van der Waals surface area contributed by atoms with Gasteiger partial charge in [-0.05, 0) is 6.07 Å². The van der Waals surface area contributed by atoms with Crippen LogP contribution in [-0.2, 0) is 10.0 Å². The first kappa shape index (κ1) is 12.1. The highest BCUT2D eigenvalue weighted by Gasteiger charge is 2.17. The van der Waals surface area contributed by atoms with Crippen LogP contribution >= 0.6 is 11.3 Å². The lowest BCUT2D eigenvalue weighted by atomic mass is 10.4. The highest BCUT2D eigenvalue weighted by atomic mass is 32.2. The summed E-state index contributed by atoms with van der Waals surface area (Å²) in [5.41, 5.74) is -0.0654. The zero-order chi connectivity index (χ0) is 11.5. The van der Waals surface area contributed by atoms with E-state index in [0.29, 0.717) is 0 Å². The van der Waals surface area contributed by atoms with Crippen molar-refractivity contribution in [2.75, 3.05) is 13.2 Å². The van der Waals surface area contributed by atoms with E-state index < -0.39 is 16.0 Å². The summed E-state index contributed by atoms with van der Waals surface area (Å²) >= 11 is 0.822. The zero-order valence-corrected chi connectivity index (χ0v) is 9.14. The topological polar surface area (TPSA) is 104 Å². The van der Waals surface area contributed by atoms with Crippen molar-refractivity contribution in [2.45, 2.75) is 4.21 Å². The van der Waals surface area contributed by atoms with Crippen LogP contribution in [0.4, 0.5) is 0 Å². The monoisotopic (exact) mass is 251 g/mol. The Morgan fingerprint density at radius 2 is 2.20 bits per heavy atom. The average Bonchev–Trinajstić information content (AvgIpc) is 2.64. The molecule has 0 radical (unpaired) electrons. The lowest BCUT2D eigenvalue weighted by Crippen LogP contribution is -2.25. The normalized spacial score (nSPS) is 11.5. The van der Waals surface area contributed by atoms with Crippen LogP contribution in [0.3, 0.4) is 0 Å². The molecule has 3 N–H and O–H groups in total. The van der Waals surface area contributed by atoms with Crippen LogP contribution in [0.15, 0.2) is 15.7 Å². The predicted octanol–water partition coefficient (Wildman–Crippen LogP) is -0.283. The number of hydrogen-bond acceptors (Lipinski definition) is 5. The molecular formula is C7H9NO5S2. The molecule has 0 atom stereocenters. The van der Waals surface area contributed by atoms with Gasteiger partial charge in [-0.1, -0.05) is 0 Å². The van der Waals surface area contributed by atoms with E-state index in [-0.39, 0.29) is 22.9 Å². The molecule has 0 aliphatic heterocycles. The van der Waals surface area contributed by atoms with Crippen molar-refractivity contribution in [3.63, 3.8) is 0 Å². The van der Waals surface area contributed by atoms with Crippen molar-refractivity contribution < 1.29 is 23.4 Å². The van der Waals surface area contributed by atoms with Gasteiger partial charge in [0.25, 0.3) is 0 Å². The molecule has 0 saturated carbocycles. The van der Waals surface area contributed by atoms with Gasteiger partial charge in [0.2, 0.25) is 10.0 Å². The molecule has 15 heavy (non-hydrogen) atoms. The van der Waals surface area contributed by atoms with Crippen LogP contribution in [-0.4, -0.2) is 37.8 Å². The highest BCUT2D eigenvalue weighted by Crippen LogP contribution is 2.19. The van der Waals surface area contributed by atoms with E-state index >= 15 is 0 Å². The summed E-state index contributed by atoms with van der Waals surface area (Å²) < 4.78 is 24.9. The zero-order valence-electron chi connectivity index (χ0n) is 7.50. The van der Waals surface area contributed by atoms with Gasteiger partial charge in [0.05, 0.1) is 12.2 Å². The smallest absolute Gasteiger partial charge is 0.336 e. The van der Waals surface area contributed by atoms with Gasteiger partial charge in [0.1, 0.15) is 4.21 Å². The SMILES string of the molecule is O=C(O)c1csc(S(=O)(=O)NCCO)c1. The number of aliphatic hydroxyl groups excluding tert-OH is 1. The van der Waals surface area contributed by atoms with Gasteiger partial charge in [0.15, 0.2) is 0 Å². The van der Waals surface area contributed by atoms with Gasteiger partial charge in [-0.3, -0.25) is 0 Å². The number of rotatable bonds is 5. The Balaban J connectivity index is 2.91. The van der Waals surface area contributed by atoms with Crippen LogP contribution in [0.5, 0.6) is 0 Å². The van der Waals surface area contributed by atoms with E-state index in [1.165, 1.54) is 5.38 Å². The molecule has 1 aromatic heterocycles. The molecule has 1 aromatic rings. The first-order valence-electron chi connectivity index (χ1n) is 3.89. The molecule has 0 aliphatic rings. The Morgan fingerprint density at radius 1 is 1.53 bits per heavy atom. The third-order valence-corrected chi connectivity index (χ3v) is 4.39. The molecule has 0 amide bonds.